The summed E-state index contributed by atoms with van der Waals surface area (Å²) in [5.41, 5.74) is 3.29. The number of hydrogen-bond donors (Lipinski definition) is 2. The highest BCUT2D eigenvalue weighted by Gasteiger charge is 2.13. The van der Waals surface area contributed by atoms with E-state index in [1.165, 1.54) is 5.56 Å². The summed E-state index contributed by atoms with van der Waals surface area (Å²) in [6, 6.07) is 13.7. The third kappa shape index (κ3) is 4.87. The largest absolute Gasteiger partial charge is 0.454 e. The van der Waals surface area contributed by atoms with Crippen molar-refractivity contribution in [3.63, 3.8) is 0 Å². The second kappa shape index (κ2) is 7.90. The molecule has 1 heterocycles. The number of urea groups is 1. The van der Waals surface area contributed by atoms with Crippen LogP contribution in [0.1, 0.15) is 16.7 Å². The minimum atomic E-state index is -0.199. The number of fused-ring (bicyclic) bond motifs is 1. The molecule has 2 aromatic carbocycles. The van der Waals surface area contributed by atoms with Gasteiger partial charge in [-0.25, -0.2) is 4.79 Å². The summed E-state index contributed by atoms with van der Waals surface area (Å²) in [7, 11) is 4.08. The zero-order chi connectivity index (χ0) is 17.6. The lowest BCUT2D eigenvalue weighted by Gasteiger charge is -2.11. The molecule has 0 spiro atoms. The predicted octanol–water partition coefficient (Wildman–Crippen LogP) is 2.48. The third-order valence-electron chi connectivity index (χ3n) is 3.86. The molecule has 0 saturated heterocycles. The molecule has 0 saturated carbocycles. The number of hydrogen-bond acceptors (Lipinski definition) is 4. The lowest BCUT2D eigenvalue weighted by molar-refractivity contribution is 0.174. The van der Waals surface area contributed by atoms with Crippen molar-refractivity contribution in [1.29, 1.82) is 0 Å². The van der Waals surface area contributed by atoms with Crippen molar-refractivity contribution in [2.24, 2.45) is 0 Å². The first-order chi connectivity index (χ1) is 12.1. The summed E-state index contributed by atoms with van der Waals surface area (Å²) in [4.78, 5) is 14.1. The molecule has 2 aromatic rings. The Bertz CT molecular complexity index is 729. The van der Waals surface area contributed by atoms with Crippen LogP contribution in [0.3, 0.4) is 0 Å². The van der Waals surface area contributed by atoms with E-state index in [1.807, 2.05) is 44.4 Å². The van der Waals surface area contributed by atoms with Crippen LogP contribution in [-0.2, 0) is 19.6 Å². The van der Waals surface area contributed by atoms with Gasteiger partial charge in [0.1, 0.15) is 0 Å². The number of carbonyl (C=O) groups excluding carboxylic acids is 1. The van der Waals surface area contributed by atoms with E-state index < -0.39 is 0 Å². The predicted molar refractivity (Wildman–Crippen MR) is 95.5 cm³/mol. The van der Waals surface area contributed by atoms with Crippen LogP contribution >= 0.6 is 0 Å². The van der Waals surface area contributed by atoms with Gasteiger partial charge in [-0.1, -0.05) is 30.3 Å². The Kier molecular flexibility index (Phi) is 5.40. The Balaban J connectivity index is 1.43. The van der Waals surface area contributed by atoms with Crippen LogP contribution in [0.15, 0.2) is 42.5 Å². The summed E-state index contributed by atoms with van der Waals surface area (Å²) in [6.07, 6.45) is 0. The molecule has 0 aliphatic carbocycles. The van der Waals surface area contributed by atoms with E-state index in [2.05, 4.69) is 27.7 Å². The van der Waals surface area contributed by atoms with Gasteiger partial charge in [0.25, 0.3) is 0 Å². The highest BCUT2D eigenvalue weighted by Crippen LogP contribution is 2.32. The molecule has 25 heavy (non-hydrogen) atoms. The van der Waals surface area contributed by atoms with E-state index in [0.717, 1.165) is 29.2 Å². The van der Waals surface area contributed by atoms with Crippen molar-refractivity contribution >= 4 is 6.03 Å². The molecule has 3 rings (SSSR count). The number of carbonyl (C=O) groups is 1. The maximum absolute atomic E-state index is 12.0. The lowest BCUT2D eigenvalue weighted by Crippen LogP contribution is -2.34. The Morgan fingerprint density at radius 3 is 2.24 bits per heavy atom. The van der Waals surface area contributed by atoms with E-state index in [4.69, 9.17) is 9.47 Å². The van der Waals surface area contributed by atoms with Crippen molar-refractivity contribution in [3.8, 4) is 11.5 Å². The van der Waals surface area contributed by atoms with Gasteiger partial charge < -0.3 is 25.0 Å². The first kappa shape index (κ1) is 17.1. The molecular formula is C19H23N3O3. The number of amides is 2. The first-order valence-electron chi connectivity index (χ1n) is 8.23. The normalized spacial score (nSPS) is 12.3. The molecular weight excluding hydrogens is 318 g/mol. The number of nitrogens with one attached hydrogen (secondary N) is 2. The van der Waals surface area contributed by atoms with Gasteiger partial charge in [-0.3, -0.25) is 0 Å². The fourth-order valence-corrected chi connectivity index (χ4v) is 2.61. The van der Waals surface area contributed by atoms with Gasteiger partial charge in [-0.05, 0) is 42.9 Å². The van der Waals surface area contributed by atoms with Gasteiger partial charge in [0.2, 0.25) is 6.79 Å². The smallest absolute Gasteiger partial charge is 0.315 e. The molecule has 0 fully saturated rings. The van der Waals surface area contributed by atoms with Crippen molar-refractivity contribution in [3.05, 3.63) is 59.2 Å². The van der Waals surface area contributed by atoms with E-state index >= 15 is 0 Å². The number of ether oxygens (including phenoxy) is 2. The standard InChI is InChI=1S/C19H23N3O3/c1-22(2)12-15-5-3-14(4-6-15)10-20-19(23)21-11-16-7-8-17-18(9-16)25-13-24-17/h3-9H,10-13H2,1-2H3,(H2,20,21,23). The fraction of sp³-hybridized carbons (Fsp3) is 0.316. The molecule has 1 aliphatic rings. The summed E-state index contributed by atoms with van der Waals surface area (Å²) < 4.78 is 10.6. The molecule has 6 heteroatoms. The Morgan fingerprint density at radius 2 is 1.52 bits per heavy atom. The minimum Gasteiger partial charge on any atom is -0.454 e. The van der Waals surface area contributed by atoms with Crippen LogP contribution in [0.4, 0.5) is 4.79 Å². The highest BCUT2D eigenvalue weighted by molar-refractivity contribution is 5.73. The van der Waals surface area contributed by atoms with Crippen LogP contribution in [0.25, 0.3) is 0 Å². The van der Waals surface area contributed by atoms with Gasteiger partial charge in [0, 0.05) is 19.6 Å². The Hall–Kier alpha value is -2.73. The molecule has 1 aliphatic heterocycles. The summed E-state index contributed by atoms with van der Waals surface area (Å²) >= 11 is 0. The van der Waals surface area contributed by atoms with Crippen molar-refractivity contribution in [2.45, 2.75) is 19.6 Å². The topological polar surface area (TPSA) is 62.8 Å². The SMILES string of the molecule is CN(C)Cc1ccc(CNC(=O)NCc2ccc3c(c2)OCO3)cc1. The van der Waals surface area contributed by atoms with Gasteiger partial charge in [0.05, 0.1) is 0 Å². The maximum Gasteiger partial charge on any atom is 0.315 e. The van der Waals surface area contributed by atoms with Crippen molar-refractivity contribution < 1.29 is 14.3 Å². The van der Waals surface area contributed by atoms with Crippen molar-refractivity contribution in [2.75, 3.05) is 20.9 Å². The molecule has 0 unspecified atom stereocenters. The molecule has 0 bridgehead atoms. The second-order valence-electron chi connectivity index (χ2n) is 6.28. The lowest BCUT2D eigenvalue weighted by atomic mass is 10.1. The van der Waals surface area contributed by atoms with Crippen LogP contribution in [0.5, 0.6) is 11.5 Å². The van der Waals surface area contributed by atoms with Crippen LogP contribution in [0.2, 0.25) is 0 Å². The molecule has 2 N–H and O–H groups in total. The Labute approximate surface area is 147 Å². The van der Waals surface area contributed by atoms with Gasteiger partial charge in [-0.2, -0.15) is 0 Å². The van der Waals surface area contributed by atoms with E-state index in [0.29, 0.717) is 13.1 Å². The average Bonchev–Trinajstić information content (AvgIpc) is 3.06. The molecule has 132 valence electrons. The van der Waals surface area contributed by atoms with Crippen molar-refractivity contribution in [1.82, 2.24) is 15.5 Å². The summed E-state index contributed by atoms with van der Waals surface area (Å²) in [6.45, 7) is 2.09. The zero-order valence-corrected chi connectivity index (χ0v) is 14.5. The van der Waals surface area contributed by atoms with E-state index in [9.17, 15) is 4.79 Å². The molecule has 0 aromatic heterocycles. The number of benzene rings is 2. The molecule has 0 atom stereocenters. The third-order valence-corrected chi connectivity index (χ3v) is 3.86. The summed E-state index contributed by atoms with van der Waals surface area (Å²) in [5, 5.41) is 5.71. The number of rotatable bonds is 6. The zero-order valence-electron chi connectivity index (χ0n) is 14.5. The highest BCUT2D eigenvalue weighted by atomic mass is 16.7. The van der Waals surface area contributed by atoms with Crippen LogP contribution in [0, 0.1) is 0 Å². The fourth-order valence-electron chi connectivity index (χ4n) is 2.61. The van der Waals surface area contributed by atoms with Crippen LogP contribution < -0.4 is 20.1 Å². The number of nitrogens with zero attached hydrogens (tertiary/aromatic N) is 1. The van der Waals surface area contributed by atoms with E-state index in [1.54, 1.807) is 0 Å². The van der Waals surface area contributed by atoms with Gasteiger partial charge >= 0.3 is 6.03 Å². The van der Waals surface area contributed by atoms with Gasteiger partial charge in [0.15, 0.2) is 11.5 Å². The van der Waals surface area contributed by atoms with Crippen LogP contribution in [-0.4, -0.2) is 31.8 Å². The maximum atomic E-state index is 12.0. The molecule has 2 amide bonds. The van der Waals surface area contributed by atoms with Gasteiger partial charge in [-0.15, -0.1) is 0 Å². The summed E-state index contributed by atoms with van der Waals surface area (Å²) in [5.74, 6) is 1.46. The molecule has 0 radical (unpaired) electrons. The first-order valence-corrected chi connectivity index (χ1v) is 8.23. The minimum absolute atomic E-state index is 0.199. The monoisotopic (exact) mass is 341 g/mol. The van der Waals surface area contributed by atoms with E-state index in [-0.39, 0.29) is 12.8 Å². The average molecular weight is 341 g/mol. The molecule has 6 nitrogen and oxygen atoms in total. The Morgan fingerprint density at radius 1 is 0.920 bits per heavy atom. The second-order valence-corrected chi connectivity index (χ2v) is 6.28. The quantitative estimate of drug-likeness (QED) is 0.847.